The average Bonchev–Trinajstić information content (AvgIpc) is 2.98. The third kappa shape index (κ3) is 4.24. The van der Waals surface area contributed by atoms with Gasteiger partial charge < -0.3 is 15.7 Å². The minimum Gasteiger partial charge on any atom is -0.480 e. The predicted molar refractivity (Wildman–Crippen MR) is 64.8 cm³/mol. The summed E-state index contributed by atoms with van der Waals surface area (Å²) < 4.78 is 0. The zero-order chi connectivity index (χ0) is 13.1. The van der Waals surface area contributed by atoms with E-state index in [0.29, 0.717) is 12.3 Å². The van der Waals surface area contributed by atoms with E-state index in [-0.39, 0.29) is 11.6 Å². The Kier molecular flexibility index (Phi) is 4.37. The summed E-state index contributed by atoms with van der Waals surface area (Å²) >= 11 is 0. The number of hydrogen-bond acceptors (Lipinski definition) is 2. The zero-order valence-corrected chi connectivity index (χ0v) is 10.7. The second-order valence-corrected chi connectivity index (χ2v) is 5.27. The maximum Gasteiger partial charge on any atom is 0.326 e. The van der Waals surface area contributed by atoms with Crippen molar-refractivity contribution in [2.45, 2.75) is 58.0 Å². The molecule has 0 aromatic heterocycles. The molecule has 0 heterocycles. The molecular formula is C12H22N2O3. The number of carbonyl (C=O) groups excluding carboxylic acids is 1. The normalized spacial score (nSPS) is 17.4. The average molecular weight is 242 g/mol. The van der Waals surface area contributed by atoms with Crippen molar-refractivity contribution < 1.29 is 14.7 Å². The first-order chi connectivity index (χ1) is 7.86. The van der Waals surface area contributed by atoms with Crippen LogP contribution in [-0.2, 0) is 4.79 Å². The Morgan fingerprint density at radius 2 is 2.00 bits per heavy atom. The van der Waals surface area contributed by atoms with E-state index in [4.69, 9.17) is 5.11 Å². The van der Waals surface area contributed by atoms with Crippen LogP contribution in [0.15, 0.2) is 0 Å². The molecule has 0 bridgehead atoms. The van der Waals surface area contributed by atoms with E-state index in [9.17, 15) is 9.59 Å². The Balaban J connectivity index is 2.44. The molecule has 0 spiro atoms. The zero-order valence-electron chi connectivity index (χ0n) is 10.7. The number of nitrogens with one attached hydrogen (secondary N) is 2. The van der Waals surface area contributed by atoms with Crippen molar-refractivity contribution in [1.82, 2.24) is 10.6 Å². The summed E-state index contributed by atoms with van der Waals surface area (Å²) in [5, 5.41) is 14.3. The lowest BCUT2D eigenvalue weighted by Crippen LogP contribution is -2.53. The fourth-order valence-corrected chi connectivity index (χ4v) is 1.94. The molecule has 1 rings (SSSR count). The monoisotopic (exact) mass is 242 g/mol. The third-order valence-electron chi connectivity index (χ3n) is 3.21. The van der Waals surface area contributed by atoms with Crippen LogP contribution in [0.4, 0.5) is 4.79 Å². The number of aliphatic carboxylic acids is 1. The molecule has 3 N–H and O–H groups in total. The molecule has 1 aliphatic rings. The van der Waals surface area contributed by atoms with Crippen LogP contribution in [0.2, 0.25) is 0 Å². The summed E-state index contributed by atoms with van der Waals surface area (Å²) in [4.78, 5) is 22.6. The molecule has 0 saturated heterocycles. The molecule has 1 aliphatic carbocycles. The molecule has 5 heteroatoms. The number of amides is 2. The summed E-state index contributed by atoms with van der Waals surface area (Å²) in [7, 11) is 0. The number of carboxylic acid groups (broad SMARTS) is 1. The number of urea groups is 1. The van der Waals surface area contributed by atoms with Gasteiger partial charge in [0.1, 0.15) is 6.04 Å². The Hall–Kier alpha value is -1.26. The Labute approximate surface area is 102 Å². The predicted octanol–water partition coefficient (Wildman–Crippen LogP) is 1.73. The Bertz CT molecular complexity index is 298. The van der Waals surface area contributed by atoms with Gasteiger partial charge in [0.05, 0.1) is 0 Å². The highest BCUT2D eigenvalue weighted by atomic mass is 16.4. The van der Waals surface area contributed by atoms with E-state index in [2.05, 4.69) is 10.6 Å². The van der Waals surface area contributed by atoms with Gasteiger partial charge in [-0.05, 0) is 39.0 Å². The van der Waals surface area contributed by atoms with Gasteiger partial charge in [0, 0.05) is 5.54 Å². The third-order valence-corrected chi connectivity index (χ3v) is 3.21. The number of hydrogen-bond donors (Lipinski definition) is 3. The summed E-state index contributed by atoms with van der Waals surface area (Å²) in [6.07, 6.45) is 3.44. The highest BCUT2D eigenvalue weighted by Gasteiger charge is 2.39. The van der Waals surface area contributed by atoms with Gasteiger partial charge >= 0.3 is 12.0 Å². The quantitative estimate of drug-likeness (QED) is 0.663. The fourth-order valence-electron chi connectivity index (χ4n) is 1.94. The molecule has 98 valence electrons. The Morgan fingerprint density at radius 3 is 2.41 bits per heavy atom. The first-order valence-electron chi connectivity index (χ1n) is 6.18. The van der Waals surface area contributed by atoms with Gasteiger partial charge in [-0.2, -0.15) is 0 Å². The largest absolute Gasteiger partial charge is 0.480 e. The molecule has 0 unspecified atom stereocenters. The van der Waals surface area contributed by atoms with Crippen LogP contribution in [0, 0.1) is 5.92 Å². The van der Waals surface area contributed by atoms with Crippen LogP contribution in [0.25, 0.3) is 0 Å². The van der Waals surface area contributed by atoms with Crippen LogP contribution in [0.1, 0.15) is 46.5 Å². The SMILES string of the molecule is CCC[C@H](NC(=O)NC(C)(C)C1CC1)C(=O)O. The van der Waals surface area contributed by atoms with Crippen molar-refractivity contribution in [1.29, 1.82) is 0 Å². The van der Waals surface area contributed by atoms with Crippen molar-refractivity contribution in [3.63, 3.8) is 0 Å². The molecule has 0 aromatic carbocycles. The summed E-state index contributed by atoms with van der Waals surface area (Å²) in [6, 6.07) is -1.18. The lowest BCUT2D eigenvalue weighted by Gasteiger charge is -2.27. The highest BCUT2D eigenvalue weighted by molar-refractivity contribution is 5.82. The van der Waals surface area contributed by atoms with E-state index < -0.39 is 12.0 Å². The van der Waals surface area contributed by atoms with Crippen molar-refractivity contribution in [2.24, 2.45) is 5.92 Å². The summed E-state index contributed by atoms with van der Waals surface area (Å²) in [5.41, 5.74) is -0.251. The molecule has 5 nitrogen and oxygen atoms in total. The van der Waals surface area contributed by atoms with Crippen LogP contribution >= 0.6 is 0 Å². The van der Waals surface area contributed by atoms with E-state index in [1.54, 1.807) is 0 Å². The lowest BCUT2D eigenvalue weighted by atomic mass is 9.99. The molecule has 1 fully saturated rings. The first-order valence-corrected chi connectivity index (χ1v) is 6.18. The molecule has 17 heavy (non-hydrogen) atoms. The van der Waals surface area contributed by atoms with E-state index in [1.165, 1.54) is 0 Å². The van der Waals surface area contributed by atoms with Crippen molar-refractivity contribution in [2.75, 3.05) is 0 Å². The molecule has 1 atom stereocenters. The smallest absolute Gasteiger partial charge is 0.326 e. The minimum atomic E-state index is -0.980. The molecule has 2 amide bonds. The number of carboxylic acids is 1. The lowest BCUT2D eigenvalue weighted by molar-refractivity contribution is -0.139. The molecule has 1 saturated carbocycles. The molecule has 0 aromatic rings. The molecule has 0 aliphatic heterocycles. The Morgan fingerprint density at radius 1 is 1.41 bits per heavy atom. The second kappa shape index (κ2) is 5.38. The van der Waals surface area contributed by atoms with Gasteiger partial charge in [0.25, 0.3) is 0 Å². The van der Waals surface area contributed by atoms with Crippen LogP contribution in [-0.4, -0.2) is 28.7 Å². The molecular weight excluding hydrogens is 220 g/mol. The van der Waals surface area contributed by atoms with Gasteiger partial charge in [-0.1, -0.05) is 13.3 Å². The van der Waals surface area contributed by atoms with E-state index >= 15 is 0 Å². The molecule has 0 radical (unpaired) electrons. The van der Waals surface area contributed by atoms with Gasteiger partial charge in [0.15, 0.2) is 0 Å². The second-order valence-electron chi connectivity index (χ2n) is 5.27. The maximum atomic E-state index is 11.7. The van der Waals surface area contributed by atoms with Crippen molar-refractivity contribution in [3.8, 4) is 0 Å². The first kappa shape index (κ1) is 13.8. The van der Waals surface area contributed by atoms with Gasteiger partial charge in [-0.25, -0.2) is 9.59 Å². The van der Waals surface area contributed by atoms with E-state index in [0.717, 1.165) is 19.3 Å². The van der Waals surface area contributed by atoms with Crippen LogP contribution in [0.5, 0.6) is 0 Å². The minimum absolute atomic E-state index is 0.251. The van der Waals surface area contributed by atoms with Crippen LogP contribution < -0.4 is 10.6 Å². The van der Waals surface area contributed by atoms with Crippen molar-refractivity contribution >= 4 is 12.0 Å². The summed E-state index contributed by atoms with van der Waals surface area (Å²) in [5.74, 6) is -0.464. The van der Waals surface area contributed by atoms with E-state index in [1.807, 2.05) is 20.8 Å². The fraction of sp³-hybridized carbons (Fsp3) is 0.833. The standard InChI is InChI=1S/C12H22N2O3/c1-4-5-9(10(15)16)13-11(17)14-12(2,3)8-6-7-8/h8-9H,4-7H2,1-3H3,(H,15,16)(H2,13,14,17)/t9-/m0/s1. The highest BCUT2D eigenvalue weighted by Crippen LogP contribution is 2.39. The maximum absolute atomic E-state index is 11.7. The van der Waals surface area contributed by atoms with Gasteiger partial charge in [-0.15, -0.1) is 0 Å². The van der Waals surface area contributed by atoms with Crippen LogP contribution in [0.3, 0.4) is 0 Å². The van der Waals surface area contributed by atoms with Gasteiger partial charge in [0.2, 0.25) is 0 Å². The van der Waals surface area contributed by atoms with Crippen molar-refractivity contribution in [3.05, 3.63) is 0 Å². The summed E-state index contributed by atoms with van der Waals surface area (Å²) in [6.45, 7) is 5.84. The van der Waals surface area contributed by atoms with Gasteiger partial charge in [-0.3, -0.25) is 0 Å². The number of rotatable bonds is 6. The number of carbonyl (C=O) groups is 2. The topological polar surface area (TPSA) is 78.4 Å².